The van der Waals surface area contributed by atoms with Gasteiger partial charge in [-0.1, -0.05) is 43.7 Å². The molecule has 22 heavy (non-hydrogen) atoms. The van der Waals surface area contributed by atoms with Gasteiger partial charge in [0, 0.05) is 13.1 Å². The maximum absolute atomic E-state index is 5.67. The van der Waals surface area contributed by atoms with Gasteiger partial charge < -0.3 is 16.4 Å². The molecule has 0 radical (unpaired) electrons. The van der Waals surface area contributed by atoms with Crippen LogP contribution in [0.5, 0.6) is 0 Å². The number of aryl methyl sites for hydroxylation is 1. The minimum atomic E-state index is 0.300. The average molecular weight is 299 g/mol. The maximum atomic E-state index is 5.67. The van der Waals surface area contributed by atoms with Crippen molar-refractivity contribution in [1.29, 1.82) is 0 Å². The first kappa shape index (κ1) is 16.1. The molecule has 0 aliphatic rings. The minimum absolute atomic E-state index is 0.300. The fraction of sp³-hybridized carbons (Fsp3) is 0.412. The Morgan fingerprint density at radius 2 is 1.82 bits per heavy atom. The van der Waals surface area contributed by atoms with Crippen LogP contribution in [0, 0.1) is 0 Å². The van der Waals surface area contributed by atoms with E-state index < -0.39 is 0 Å². The van der Waals surface area contributed by atoms with E-state index in [-0.39, 0.29) is 0 Å². The molecule has 2 aromatic rings. The van der Waals surface area contributed by atoms with Crippen LogP contribution in [0.2, 0.25) is 0 Å². The highest BCUT2D eigenvalue weighted by Crippen LogP contribution is 2.18. The first-order valence-electron chi connectivity index (χ1n) is 7.93. The molecule has 2 rings (SSSR count). The number of nitrogens with two attached hydrogens (primary N) is 1. The molecule has 0 fully saturated rings. The van der Waals surface area contributed by atoms with Gasteiger partial charge in [0.1, 0.15) is 0 Å². The zero-order chi connectivity index (χ0) is 15.6. The maximum Gasteiger partial charge on any atom is 0.222 e. The Hall–Kier alpha value is -2.30. The molecule has 0 bridgehead atoms. The van der Waals surface area contributed by atoms with Crippen molar-refractivity contribution < 1.29 is 0 Å². The van der Waals surface area contributed by atoms with Crippen LogP contribution < -0.4 is 16.4 Å². The Balaban J connectivity index is 1.83. The topological polar surface area (TPSA) is 75.9 Å². The third kappa shape index (κ3) is 5.24. The standard InChI is InChI=1S/C17H25N5/c1-2-3-11-20-16-15(13-21-17(18)22-16)19-12-7-10-14-8-5-4-6-9-14/h4-6,8-9,13,19H,2-3,7,10-12H2,1H3,(H3,18,20,21,22). The van der Waals surface area contributed by atoms with Gasteiger partial charge in [0.05, 0.1) is 11.9 Å². The van der Waals surface area contributed by atoms with Gasteiger partial charge in [-0.2, -0.15) is 4.98 Å². The van der Waals surface area contributed by atoms with E-state index >= 15 is 0 Å². The average Bonchev–Trinajstić information content (AvgIpc) is 2.54. The SMILES string of the molecule is CCCCNc1nc(N)ncc1NCCCc1ccccc1. The molecule has 0 saturated heterocycles. The summed E-state index contributed by atoms with van der Waals surface area (Å²) in [5.74, 6) is 1.09. The Labute approximate surface area is 132 Å². The first-order chi connectivity index (χ1) is 10.8. The van der Waals surface area contributed by atoms with Gasteiger partial charge >= 0.3 is 0 Å². The van der Waals surface area contributed by atoms with Crippen molar-refractivity contribution in [2.24, 2.45) is 0 Å². The summed E-state index contributed by atoms with van der Waals surface area (Å²) in [4.78, 5) is 8.34. The molecule has 5 heteroatoms. The van der Waals surface area contributed by atoms with Crippen LogP contribution in [0.15, 0.2) is 36.5 Å². The predicted molar refractivity (Wildman–Crippen MR) is 93.1 cm³/mol. The zero-order valence-electron chi connectivity index (χ0n) is 13.2. The lowest BCUT2D eigenvalue weighted by Crippen LogP contribution is -2.11. The van der Waals surface area contributed by atoms with E-state index in [9.17, 15) is 0 Å². The molecule has 4 N–H and O–H groups in total. The number of nitrogen functional groups attached to an aromatic ring is 1. The lowest BCUT2D eigenvalue weighted by atomic mass is 10.1. The second-order valence-corrected chi connectivity index (χ2v) is 5.29. The van der Waals surface area contributed by atoms with Crippen molar-refractivity contribution in [2.45, 2.75) is 32.6 Å². The van der Waals surface area contributed by atoms with Gasteiger partial charge in [0.25, 0.3) is 0 Å². The van der Waals surface area contributed by atoms with E-state index in [1.807, 2.05) is 6.07 Å². The van der Waals surface area contributed by atoms with Crippen molar-refractivity contribution in [3.63, 3.8) is 0 Å². The first-order valence-corrected chi connectivity index (χ1v) is 7.93. The highest BCUT2D eigenvalue weighted by molar-refractivity contribution is 5.64. The lowest BCUT2D eigenvalue weighted by molar-refractivity contribution is 0.829. The van der Waals surface area contributed by atoms with Crippen LogP contribution in [0.4, 0.5) is 17.5 Å². The van der Waals surface area contributed by atoms with Crippen LogP contribution in [0.3, 0.4) is 0 Å². The molecular weight excluding hydrogens is 274 g/mol. The fourth-order valence-electron chi connectivity index (χ4n) is 2.20. The lowest BCUT2D eigenvalue weighted by Gasteiger charge is -2.12. The largest absolute Gasteiger partial charge is 0.381 e. The number of nitrogens with one attached hydrogen (secondary N) is 2. The monoisotopic (exact) mass is 299 g/mol. The van der Waals surface area contributed by atoms with Crippen LogP contribution in [0.1, 0.15) is 31.7 Å². The van der Waals surface area contributed by atoms with Crippen molar-refractivity contribution in [3.05, 3.63) is 42.1 Å². The predicted octanol–water partition coefficient (Wildman–Crippen LogP) is 3.32. The van der Waals surface area contributed by atoms with E-state index in [0.717, 1.165) is 50.3 Å². The molecule has 0 saturated carbocycles. The van der Waals surface area contributed by atoms with Crippen LogP contribution in [-0.2, 0) is 6.42 Å². The molecule has 0 unspecified atom stereocenters. The summed E-state index contributed by atoms with van der Waals surface area (Å²) in [6.45, 7) is 3.94. The highest BCUT2D eigenvalue weighted by atomic mass is 15.1. The van der Waals surface area contributed by atoms with Crippen molar-refractivity contribution in [1.82, 2.24) is 9.97 Å². The molecule has 0 spiro atoms. The zero-order valence-corrected chi connectivity index (χ0v) is 13.2. The second-order valence-electron chi connectivity index (χ2n) is 5.29. The quantitative estimate of drug-likeness (QED) is 0.619. The Morgan fingerprint density at radius 1 is 1.05 bits per heavy atom. The molecule has 0 aliphatic carbocycles. The van der Waals surface area contributed by atoms with Crippen molar-refractivity contribution in [2.75, 3.05) is 29.5 Å². The summed E-state index contributed by atoms with van der Waals surface area (Å²) < 4.78 is 0. The number of hydrogen-bond donors (Lipinski definition) is 3. The van der Waals surface area contributed by atoms with Gasteiger partial charge in [-0.25, -0.2) is 4.98 Å². The van der Waals surface area contributed by atoms with E-state index in [0.29, 0.717) is 5.95 Å². The highest BCUT2D eigenvalue weighted by Gasteiger charge is 2.05. The third-order valence-electron chi connectivity index (χ3n) is 3.43. The smallest absolute Gasteiger partial charge is 0.222 e. The third-order valence-corrected chi connectivity index (χ3v) is 3.43. The van der Waals surface area contributed by atoms with Gasteiger partial charge in [-0.05, 0) is 24.8 Å². The number of anilines is 3. The van der Waals surface area contributed by atoms with E-state index in [4.69, 9.17) is 5.73 Å². The van der Waals surface area contributed by atoms with E-state index in [1.54, 1.807) is 6.20 Å². The number of hydrogen-bond acceptors (Lipinski definition) is 5. The molecule has 118 valence electrons. The molecule has 1 heterocycles. The van der Waals surface area contributed by atoms with Crippen molar-refractivity contribution in [3.8, 4) is 0 Å². The molecule has 1 aromatic heterocycles. The van der Waals surface area contributed by atoms with Gasteiger partial charge in [-0.15, -0.1) is 0 Å². The summed E-state index contributed by atoms with van der Waals surface area (Å²) in [5, 5.41) is 6.71. The molecule has 0 amide bonds. The minimum Gasteiger partial charge on any atom is -0.381 e. The van der Waals surface area contributed by atoms with Gasteiger partial charge in [-0.3, -0.25) is 0 Å². The van der Waals surface area contributed by atoms with Crippen LogP contribution in [0.25, 0.3) is 0 Å². The molecule has 5 nitrogen and oxygen atoms in total. The van der Waals surface area contributed by atoms with Crippen molar-refractivity contribution >= 4 is 17.5 Å². The molecule has 0 aliphatic heterocycles. The summed E-state index contributed by atoms with van der Waals surface area (Å²) in [6, 6.07) is 10.5. The summed E-state index contributed by atoms with van der Waals surface area (Å²) in [6.07, 6.45) is 6.12. The Bertz CT molecular complexity index is 556. The number of unbranched alkanes of at least 4 members (excludes halogenated alkanes) is 1. The van der Waals surface area contributed by atoms with Gasteiger partial charge in [0.15, 0.2) is 5.82 Å². The number of aromatic nitrogens is 2. The molecule has 1 aromatic carbocycles. The number of benzene rings is 1. The second kappa shape index (κ2) is 8.87. The van der Waals surface area contributed by atoms with Crippen LogP contribution in [-0.4, -0.2) is 23.1 Å². The van der Waals surface area contributed by atoms with Crippen LogP contribution >= 0.6 is 0 Å². The summed E-state index contributed by atoms with van der Waals surface area (Å²) in [7, 11) is 0. The number of nitrogens with zero attached hydrogens (tertiary/aromatic N) is 2. The molecule has 0 atom stereocenters. The molecular formula is C17H25N5. The Kier molecular flexibility index (Phi) is 6.48. The fourth-order valence-corrected chi connectivity index (χ4v) is 2.20. The van der Waals surface area contributed by atoms with Gasteiger partial charge in [0.2, 0.25) is 5.95 Å². The van der Waals surface area contributed by atoms with E-state index in [2.05, 4.69) is 51.8 Å². The summed E-state index contributed by atoms with van der Waals surface area (Å²) in [5.41, 5.74) is 7.95. The Morgan fingerprint density at radius 3 is 2.59 bits per heavy atom. The normalized spacial score (nSPS) is 10.4. The summed E-state index contributed by atoms with van der Waals surface area (Å²) >= 11 is 0. The number of rotatable bonds is 9. The van der Waals surface area contributed by atoms with E-state index in [1.165, 1.54) is 5.56 Å².